The van der Waals surface area contributed by atoms with Gasteiger partial charge in [0.2, 0.25) is 5.62 Å². The van der Waals surface area contributed by atoms with Crippen molar-refractivity contribution in [3.8, 4) is 0 Å². The molecular formula is C33H33N5O3. The number of aryl methyl sites for hydroxylation is 3. The lowest BCUT2D eigenvalue weighted by molar-refractivity contribution is 0.0942. The van der Waals surface area contributed by atoms with Crippen LogP contribution in [0.5, 0.6) is 0 Å². The van der Waals surface area contributed by atoms with Crippen LogP contribution in [0, 0.1) is 20.8 Å². The number of hydrogen-bond donors (Lipinski definition) is 2. The first-order chi connectivity index (χ1) is 19.8. The van der Waals surface area contributed by atoms with Gasteiger partial charge in [0.1, 0.15) is 5.69 Å². The minimum absolute atomic E-state index is 0.244. The van der Waals surface area contributed by atoms with E-state index in [1.54, 1.807) is 12.1 Å². The molecule has 0 saturated heterocycles. The molecule has 3 aromatic carbocycles. The highest BCUT2D eigenvalue weighted by atomic mass is 16.4. The normalized spacial score (nSPS) is 12.4. The summed E-state index contributed by atoms with van der Waals surface area (Å²) in [6.45, 7) is 6.59. The first-order valence-electron chi connectivity index (χ1n) is 13.6. The number of imidazole rings is 1. The number of carboxylic acid groups (broad SMARTS) is 1. The highest BCUT2D eigenvalue weighted by molar-refractivity contribution is 5.92. The Bertz CT molecular complexity index is 1770. The molecule has 0 aliphatic heterocycles. The molecule has 0 fully saturated rings. The lowest BCUT2D eigenvalue weighted by Crippen LogP contribution is -2.38. The molecule has 208 valence electrons. The van der Waals surface area contributed by atoms with Gasteiger partial charge in [-0.2, -0.15) is 0 Å². The van der Waals surface area contributed by atoms with E-state index < -0.39 is 6.09 Å². The van der Waals surface area contributed by atoms with E-state index in [0.29, 0.717) is 24.3 Å². The number of carbonyl (C=O) groups excluding carboxylic acids is 1. The van der Waals surface area contributed by atoms with E-state index in [1.807, 2.05) is 84.5 Å². The van der Waals surface area contributed by atoms with Gasteiger partial charge < -0.3 is 19.6 Å². The molecule has 0 bridgehead atoms. The third-order valence-corrected chi connectivity index (χ3v) is 7.12. The molecule has 1 unspecified atom stereocenters. The molecule has 0 saturated carbocycles. The number of nitrogens with zero attached hydrogens (tertiary/aromatic N) is 4. The second kappa shape index (κ2) is 12.0. The van der Waals surface area contributed by atoms with Gasteiger partial charge in [-0.1, -0.05) is 77.9 Å². The number of benzene rings is 3. The van der Waals surface area contributed by atoms with Crippen molar-refractivity contribution in [3.05, 3.63) is 130 Å². The molecule has 41 heavy (non-hydrogen) atoms. The molecule has 5 aromatic rings. The van der Waals surface area contributed by atoms with Crippen LogP contribution in [0.4, 0.5) is 4.79 Å². The SMILES string of the molecule is Cc1ccc(CC(CNC(=O)c2cccc(C)n2)n2c(=NC(=O)O)n(Cc3ccc(C)cc3)c3ccccc32)cc1. The third kappa shape index (κ3) is 6.44. The van der Waals surface area contributed by atoms with Crippen LogP contribution in [0.1, 0.15) is 44.5 Å². The monoisotopic (exact) mass is 547 g/mol. The summed E-state index contributed by atoms with van der Waals surface area (Å²) in [6, 6.07) is 29.2. The average Bonchev–Trinajstić information content (AvgIpc) is 3.25. The van der Waals surface area contributed by atoms with E-state index in [4.69, 9.17) is 0 Å². The van der Waals surface area contributed by atoms with Gasteiger partial charge in [0.05, 0.1) is 23.6 Å². The smallest absolute Gasteiger partial charge is 0.434 e. The van der Waals surface area contributed by atoms with E-state index in [-0.39, 0.29) is 18.5 Å². The molecular weight excluding hydrogens is 514 g/mol. The Labute approximate surface area is 238 Å². The fourth-order valence-corrected chi connectivity index (χ4v) is 5.05. The Hall–Kier alpha value is -4.98. The maximum Gasteiger partial charge on any atom is 0.434 e. The fourth-order valence-electron chi connectivity index (χ4n) is 5.05. The van der Waals surface area contributed by atoms with Gasteiger partial charge in [0.25, 0.3) is 5.91 Å². The van der Waals surface area contributed by atoms with E-state index in [0.717, 1.165) is 39.0 Å². The predicted octanol–water partition coefficient (Wildman–Crippen LogP) is 5.60. The molecule has 2 aromatic heterocycles. The quantitative estimate of drug-likeness (QED) is 0.264. The van der Waals surface area contributed by atoms with Crippen molar-refractivity contribution in [1.29, 1.82) is 0 Å². The standard InChI is InChI=1S/C33H33N5O3/c1-22-11-15-25(16-12-22)19-27(20-34-31(39)28-8-6-7-24(3)35-28)38-30-10-5-4-9-29(30)37(32(38)36-33(40)41)21-26-17-13-23(2)14-18-26/h4-18,27H,19-21H2,1-3H3,(H,34,39)(H,40,41). The molecule has 2 heterocycles. The van der Waals surface area contributed by atoms with Crippen LogP contribution in [0.25, 0.3) is 11.0 Å². The van der Waals surface area contributed by atoms with Gasteiger partial charge in [0, 0.05) is 12.2 Å². The van der Waals surface area contributed by atoms with Crippen molar-refractivity contribution in [2.24, 2.45) is 4.99 Å². The lowest BCUT2D eigenvalue weighted by atomic mass is 10.0. The van der Waals surface area contributed by atoms with Crippen molar-refractivity contribution >= 4 is 23.0 Å². The first kappa shape index (κ1) is 27.6. The highest BCUT2D eigenvalue weighted by Crippen LogP contribution is 2.22. The van der Waals surface area contributed by atoms with Crippen LogP contribution in [0.2, 0.25) is 0 Å². The summed E-state index contributed by atoms with van der Waals surface area (Å²) in [5.74, 6) is -0.289. The zero-order valence-corrected chi connectivity index (χ0v) is 23.4. The summed E-state index contributed by atoms with van der Waals surface area (Å²) in [5.41, 5.74) is 7.47. The molecule has 1 atom stereocenters. The molecule has 2 N–H and O–H groups in total. The number of hydrogen-bond acceptors (Lipinski definition) is 3. The first-order valence-corrected chi connectivity index (χ1v) is 13.6. The van der Waals surface area contributed by atoms with Gasteiger partial charge in [-0.15, -0.1) is 4.99 Å². The number of aromatic nitrogens is 3. The van der Waals surface area contributed by atoms with Crippen LogP contribution in [0.3, 0.4) is 0 Å². The topological polar surface area (TPSA) is 102 Å². The average molecular weight is 548 g/mol. The molecule has 8 heteroatoms. The van der Waals surface area contributed by atoms with E-state index in [1.165, 1.54) is 0 Å². The molecule has 0 aliphatic carbocycles. The summed E-state index contributed by atoms with van der Waals surface area (Å²) < 4.78 is 3.88. The fraction of sp³-hybridized carbons (Fsp3) is 0.212. The predicted molar refractivity (Wildman–Crippen MR) is 159 cm³/mol. The Kier molecular flexibility index (Phi) is 8.10. The Morgan fingerprint density at radius 2 is 1.46 bits per heavy atom. The molecule has 2 amide bonds. The Morgan fingerprint density at radius 3 is 2.10 bits per heavy atom. The van der Waals surface area contributed by atoms with Crippen LogP contribution >= 0.6 is 0 Å². The maximum atomic E-state index is 13.1. The van der Waals surface area contributed by atoms with Crippen molar-refractivity contribution in [3.63, 3.8) is 0 Å². The lowest BCUT2D eigenvalue weighted by Gasteiger charge is -2.21. The van der Waals surface area contributed by atoms with Crippen molar-refractivity contribution in [1.82, 2.24) is 19.4 Å². The summed E-state index contributed by atoms with van der Waals surface area (Å²) in [5, 5.41) is 12.9. The number of carbonyl (C=O) groups is 2. The molecule has 5 rings (SSSR count). The zero-order valence-electron chi connectivity index (χ0n) is 23.4. The maximum absolute atomic E-state index is 13.1. The van der Waals surface area contributed by atoms with E-state index >= 15 is 0 Å². The highest BCUT2D eigenvalue weighted by Gasteiger charge is 2.22. The summed E-state index contributed by atoms with van der Waals surface area (Å²) >= 11 is 0. The largest absolute Gasteiger partial charge is 0.463 e. The summed E-state index contributed by atoms with van der Waals surface area (Å²) in [4.78, 5) is 33.7. The van der Waals surface area contributed by atoms with Gasteiger partial charge in [-0.25, -0.2) is 9.78 Å². The molecule has 0 radical (unpaired) electrons. The second-order valence-corrected chi connectivity index (χ2v) is 10.3. The number of amides is 2. The van der Waals surface area contributed by atoms with Crippen LogP contribution in [0.15, 0.2) is 96.0 Å². The van der Waals surface area contributed by atoms with Crippen molar-refractivity contribution in [2.45, 2.75) is 39.8 Å². The van der Waals surface area contributed by atoms with E-state index in [2.05, 4.69) is 39.6 Å². The van der Waals surface area contributed by atoms with E-state index in [9.17, 15) is 14.7 Å². The summed E-state index contributed by atoms with van der Waals surface area (Å²) in [6.07, 6.45) is -0.735. The Balaban J connectivity index is 1.63. The third-order valence-electron chi connectivity index (χ3n) is 7.12. The molecule has 0 aliphatic rings. The number of pyridine rings is 1. The van der Waals surface area contributed by atoms with Crippen LogP contribution in [-0.2, 0) is 13.0 Å². The minimum atomic E-state index is -1.28. The summed E-state index contributed by atoms with van der Waals surface area (Å²) in [7, 11) is 0. The molecule has 8 nitrogen and oxygen atoms in total. The number of rotatable bonds is 8. The number of fused-ring (bicyclic) bond motifs is 1. The van der Waals surface area contributed by atoms with Gasteiger partial charge in [0.15, 0.2) is 0 Å². The number of para-hydroxylation sites is 2. The minimum Gasteiger partial charge on any atom is -0.463 e. The van der Waals surface area contributed by atoms with Gasteiger partial charge >= 0.3 is 6.09 Å². The molecule has 0 spiro atoms. The van der Waals surface area contributed by atoms with Gasteiger partial charge in [-0.05, 0) is 62.6 Å². The number of nitrogens with one attached hydrogen (secondary N) is 1. The van der Waals surface area contributed by atoms with Crippen LogP contribution < -0.4 is 10.9 Å². The van der Waals surface area contributed by atoms with Crippen molar-refractivity contribution < 1.29 is 14.7 Å². The zero-order chi connectivity index (χ0) is 28.9. The second-order valence-electron chi connectivity index (χ2n) is 10.3. The Morgan fingerprint density at radius 1 is 0.829 bits per heavy atom. The van der Waals surface area contributed by atoms with Crippen LogP contribution in [-0.4, -0.2) is 37.8 Å². The van der Waals surface area contributed by atoms with Crippen molar-refractivity contribution in [2.75, 3.05) is 6.54 Å². The van der Waals surface area contributed by atoms with Gasteiger partial charge in [-0.3, -0.25) is 4.79 Å².